The molecule has 0 saturated heterocycles. The maximum absolute atomic E-state index is 3.68. The number of hydrogen-bond donors (Lipinski definition) is 0. The molecular formula is C11H16S2. The van der Waals surface area contributed by atoms with Crippen LogP contribution in [-0.2, 0) is 0 Å². The maximum atomic E-state index is 3.68. The van der Waals surface area contributed by atoms with Gasteiger partial charge in [-0.15, -0.1) is 0 Å². The van der Waals surface area contributed by atoms with E-state index in [1.807, 2.05) is 29.0 Å². The van der Waals surface area contributed by atoms with Gasteiger partial charge in [-0.2, -0.15) is 0 Å². The Balaban J connectivity index is 4.10. The Morgan fingerprint density at radius 3 is 2.38 bits per heavy atom. The molecule has 0 rings (SSSR count). The summed E-state index contributed by atoms with van der Waals surface area (Å²) in [5.74, 6) is 0. The fourth-order valence-corrected chi connectivity index (χ4v) is 2.38. The van der Waals surface area contributed by atoms with E-state index in [4.69, 9.17) is 0 Å². The average Bonchev–Trinajstić information content (AvgIpc) is 2.09. The van der Waals surface area contributed by atoms with Gasteiger partial charge in [-0.3, -0.25) is 0 Å². The van der Waals surface area contributed by atoms with E-state index in [1.54, 1.807) is 22.9 Å². The highest BCUT2D eigenvalue weighted by atomic mass is 33.1. The van der Waals surface area contributed by atoms with Crippen LogP contribution in [0.15, 0.2) is 48.4 Å². The predicted molar refractivity (Wildman–Crippen MR) is 67.9 cm³/mol. The molecule has 0 N–H and O–H groups in total. The van der Waals surface area contributed by atoms with Gasteiger partial charge in [-0.25, -0.2) is 0 Å². The van der Waals surface area contributed by atoms with E-state index in [9.17, 15) is 0 Å². The third-order valence-electron chi connectivity index (χ3n) is 1.02. The van der Waals surface area contributed by atoms with Gasteiger partial charge < -0.3 is 0 Å². The molecule has 0 aliphatic carbocycles. The molecule has 0 unspecified atom stereocenters. The van der Waals surface area contributed by atoms with Gasteiger partial charge in [0.15, 0.2) is 0 Å². The lowest BCUT2D eigenvalue weighted by Crippen LogP contribution is -1.80. The second-order valence-electron chi connectivity index (χ2n) is 2.63. The summed E-state index contributed by atoms with van der Waals surface area (Å²) in [5, 5.41) is 0.635. The summed E-state index contributed by atoms with van der Waals surface area (Å²) in [6.45, 7) is 11.7. The highest BCUT2D eigenvalue weighted by Gasteiger charge is 1.96. The van der Waals surface area contributed by atoms with Crippen molar-refractivity contribution in [1.82, 2.24) is 0 Å². The van der Waals surface area contributed by atoms with E-state index in [1.165, 1.54) is 4.91 Å². The Kier molecular flexibility index (Phi) is 8.05. The molecular weight excluding hydrogens is 196 g/mol. The topological polar surface area (TPSA) is 0 Å². The number of rotatable bonds is 6. The molecule has 72 valence electrons. The minimum Gasteiger partial charge on any atom is -0.0991 e. The third kappa shape index (κ3) is 8.00. The van der Waals surface area contributed by atoms with Crippen LogP contribution >= 0.6 is 21.6 Å². The molecule has 0 atom stereocenters. The molecule has 0 spiro atoms. The first-order valence-corrected chi connectivity index (χ1v) is 6.37. The van der Waals surface area contributed by atoms with Crippen LogP contribution in [0.5, 0.6) is 0 Å². The quantitative estimate of drug-likeness (QED) is 0.466. The summed E-state index contributed by atoms with van der Waals surface area (Å²) in [6.07, 6.45) is 9.55. The van der Waals surface area contributed by atoms with Crippen LogP contribution in [0.4, 0.5) is 0 Å². The lowest BCUT2D eigenvalue weighted by Gasteiger charge is -2.03. The normalized spacial score (nSPS) is 12.4. The summed E-state index contributed by atoms with van der Waals surface area (Å²) in [7, 11) is 3.61. The molecule has 0 aromatic carbocycles. The molecule has 0 radical (unpaired) electrons. The summed E-state index contributed by atoms with van der Waals surface area (Å²) < 4.78 is 0. The molecule has 0 aromatic rings. The van der Waals surface area contributed by atoms with Crippen molar-refractivity contribution in [2.45, 2.75) is 19.1 Å². The van der Waals surface area contributed by atoms with Crippen molar-refractivity contribution in [2.75, 3.05) is 0 Å². The van der Waals surface area contributed by atoms with Gasteiger partial charge in [0.1, 0.15) is 0 Å². The van der Waals surface area contributed by atoms with Crippen LogP contribution < -0.4 is 0 Å². The summed E-state index contributed by atoms with van der Waals surface area (Å²) >= 11 is 0. The van der Waals surface area contributed by atoms with Gasteiger partial charge in [-0.05, 0) is 12.2 Å². The first kappa shape index (κ1) is 12.7. The van der Waals surface area contributed by atoms with E-state index in [-0.39, 0.29) is 0 Å². The van der Waals surface area contributed by atoms with Gasteiger partial charge in [0.25, 0.3) is 0 Å². The molecule has 2 heteroatoms. The van der Waals surface area contributed by atoms with Crippen LogP contribution in [0, 0.1) is 0 Å². The first-order valence-electron chi connectivity index (χ1n) is 4.16. The van der Waals surface area contributed by atoms with Crippen molar-refractivity contribution in [1.29, 1.82) is 0 Å². The number of allylic oxidation sites excluding steroid dienone is 5. The predicted octanol–water partition coefficient (Wildman–Crippen LogP) is 4.59. The zero-order chi connectivity index (χ0) is 10.1. The highest BCUT2D eigenvalue weighted by Crippen LogP contribution is 2.34. The highest BCUT2D eigenvalue weighted by molar-refractivity contribution is 8.78. The molecule has 0 amide bonds. The summed E-state index contributed by atoms with van der Waals surface area (Å²) in [6, 6.07) is 0. The van der Waals surface area contributed by atoms with E-state index in [0.717, 1.165) is 0 Å². The number of hydrogen-bond acceptors (Lipinski definition) is 2. The van der Waals surface area contributed by atoms with Crippen molar-refractivity contribution < 1.29 is 0 Å². The lowest BCUT2D eigenvalue weighted by molar-refractivity contribution is 1.12. The summed E-state index contributed by atoms with van der Waals surface area (Å²) in [4.78, 5) is 1.20. The second kappa shape index (κ2) is 8.27. The van der Waals surface area contributed by atoms with Crippen molar-refractivity contribution in [3.8, 4) is 0 Å². The molecule has 0 bridgehead atoms. The van der Waals surface area contributed by atoms with Gasteiger partial charge in [-0.1, -0.05) is 66.8 Å². The van der Waals surface area contributed by atoms with Gasteiger partial charge in [0.2, 0.25) is 0 Å². The van der Waals surface area contributed by atoms with Gasteiger partial charge in [0.05, 0.1) is 0 Å². The first-order chi connectivity index (χ1) is 6.20. The van der Waals surface area contributed by atoms with E-state index < -0.39 is 0 Å². The van der Waals surface area contributed by atoms with Crippen molar-refractivity contribution in [3.05, 3.63) is 48.4 Å². The molecule has 0 aromatic heterocycles. The summed E-state index contributed by atoms with van der Waals surface area (Å²) in [5.41, 5.74) is 0. The standard InChI is InChI=1S/C11H16S2/c1-5-7-9-11(8-6-2)13-12-10(3)4/h5-10H,1-2H2,3-4H3/b9-7-,11-8+. The van der Waals surface area contributed by atoms with Gasteiger partial charge >= 0.3 is 0 Å². The fraction of sp³-hybridized carbons (Fsp3) is 0.273. The Bertz CT molecular complexity index is 212. The SMILES string of the molecule is C=C/C=C\C(=C/C=C)SSC(C)C. The molecule has 0 aliphatic heterocycles. The zero-order valence-corrected chi connectivity index (χ0v) is 9.83. The minimum absolute atomic E-state index is 0.635. The van der Waals surface area contributed by atoms with E-state index in [2.05, 4.69) is 27.0 Å². The molecule has 13 heavy (non-hydrogen) atoms. The largest absolute Gasteiger partial charge is 0.0991 e. The van der Waals surface area contributed by atoms with E-state index in [0.29, 0.717) is 5.25 Å². The monoisotopic (exact) mass is 212 g/mol. The molecule has 0 nitrogen and oxygen atoms in total. The molecule has 0 saturated carbocycles. The minimum atomic E-state index is 0.635. The Morgan fingerprint density at radius 2 is 1.92 bits per heavy atom. The smallest absolute Gasteiger partial charge is 0.0182 e. The average molecular weight is 212 g/mol. The van der Waals surface area contributed by atoms with Crippen LogP contribution in [0.25, 0.3) is 0 Å². The van der Waals surface area contributed by atoms with Crippen LogP contribution in [0.3, 0.4) is 0 Å². The third-order valence-corrected chi connectivity index (χ3v) is 3.98. The van der Waals surface area contributed by atoms with Crippen LogP contribution in [0.2, 0.25) is 0 Å². The molecule has 0 fully saturated rings. The Morgan fingerprint density at radius 1 is 1.23 bits per heavy atom. The van der Waals surface area contributed by atoms with E-state index >= 15 is 0 Å². The van der Waals surface area contributed by atoms with Gasteiger partial charge in [0, 0.05) is 10.2 Å². The Hall–Kier alpha value is -0.340. The molecule has 0 aliphatic rings. The maximum Gasteiger partial charge on any atom is 0.0182 e. The van der Waals surface area contributed by atoms with Crippen molar-refractivity contribution in [3.63, 3.8) is 0 Å². The van der Waals surface area contributed by atoms with Crippen molar-refractivity contribution >= 4 is 21.6 Å². The second-order valence-corrected chi connectivity index (χ2v) is 5.48. The van der Waals surface area contributed by atoms with Crippen LogP contribution in [-0.4, -0.2) is 5.25 Å². The molecule has 0 heterocycles. The van der Waals surface area contributed by atoms with Crippen molar-refractivity contribution in [2.24, 2.45) is 0 Å². The van der Waals surface area contributed by atoms with Crippen LogP contribution in [0.1, 0.15) is 13.8 Å². The lowest BCUT2D eigenvalue weighted by atomic mass is 10.4. The fourth-order valence-electron chi connectivity index (χ4n) is 0.542. The zero-order valence-electron chi connectivity index (χ0n) is 8.19. The Labute approximate surface area is 89.3 Å².